The van der Waals surface area contributed by atoms with Crippen LogP contribution in [0.15, 0.2) is 36.5 Å². The van der Waals surface area contributed by atoms with Gasteiger partial charge in [-0.15, -0.1) is 0 Å². The molecule has 2 heterocycles. The van der Waals surface area contributed by atoms with Crippen molar-refractivity contribution >= 4 is 21.8 Å². The van der Waals surface area contributed by atoms with Crippen molar-refractivity contribution in [3.05, 3.63) is 42.2 Å². The molecule has 0 radical (unpaired) electrons. The molecule has 2 aromatic heterocycles. The molecule has 17 heavy (non-hydrogen) atoms. The zero-order valence-corrected chi connectivity index (χ0v) is 10.2. The average Bonchev–Trinajstić information content (AvgIpc) is 2.78. The van der Waals surface area contributed by atoms with E-state index in [9.17, 15) is 0 Å². The Morgan fingerprint density at radius 1 is 1.12 bits per heavy atom. The maximum absolute atomic E-state index is 4.78. The summed E-state index contributed by atoms with van der Waals surface area (Å²) in [7, 11) is 0. The third-order valence-corrected chi connectivity index (χ3v) is 3.09. The predicted octanol–water partition coefficient (Wildman–Crippen LogP) is 3.91. The molecular weight excluding hydrogens is 208 g/mol. The topological polar surface area (TPSA) is 28.7 Å². The summed E-state index contributed by atoms with van der Waals surface area (Å²) in [5.74, 6) is 0.621. The molecule has 3 rings (SSSR count). The average molecular weight is 224 g/mol. The number of benzene rings is 1. The first kappa shape index (κ1) is 10.3. The number of nitrogens with zero attached hydrogens (tertiary/aromatic N) is 1. The highest BCUT2D eigenvalue weighted by molar-refractivity contribution is 6.05. The van der Waals surface area contributed by atoms with Gasteiger partial charge in [0.15, 0.2) is 0 Å². The number of para-hydroxylation sites is 1. The van der Waals surface area contributed by atoms with Gasteiger partial charge < -0.3 is 4.98 Å². The quantitative estimate of drug-likeness (QED) is 0.702. The summed E-state index contributed by atoms with van der Waals surface area (Å²) in [6, 6.07) is 10.5. The Morgan fingerprint density at radius 2 is 1.94 bits per heavy atom. The molecule has 0 saturated carbocycles. The van der Waals surface area contributed by atoms with Crippen LogP contribution in [0.5, 0.6) is 0 Å². The molecule has 1 N–H and O–H groups in total. The Hall–Kier alpha value is -1.83. The van der Waals surface area contributed by atoms with Crippen molar-refractivity contribution in [2.45, 2.75) is 20.3 Å². The van der Waals surface area contributed by atoms with E-state index in [-0.39, 0.29) is 0 Å². The number of H-pyrrole nitrogens is 1. The zero-order valence-electron chi connectivity index (χ0n) is 10.2. The number of aromatic amines is 1. The lowest BCUT2D eigenvalue weighted by Crippen LogP contribution is -1.99. The summed E-state index contributed by atoms with van der Waals surface area (Å²) < 4.78 is 0. The molecule has 1 aromatic carbocycles. The summed E-state index contributed by atoms with van der Waals surface area (Å²) in [6.07, 6.45) is 3.02. The molecular formula is C15H16N2. The van der Waals surface area contributed by atoms with Gasteiger partial charge in [-0.25, -0.2) is 0 Å². The summed E-state index contributed by atoms with van der Waals surface area (Å²) in [5.41, 5.74) is 3.46. The zero-order chi connectivity index (χ0) is 11.8. The van der Waals surface area contributed by atoms with Crippen molar-refractivity contribution in [2.75, 3.05) is 0 Å². The first-order valence-corrected chi connectivity index (χ1v) is 6.10. The van der Waals surface area contributed by atoms with E-state index in [4.69, 9.17) is 4.98 Å². The van der Waals surface area contributed by atoms with Crippen LogP contribution < -0.4 is 0 Å². The fourth-order valence-corrected chi connectivity index (χ4v) is 2.37. The van der Waals surface area contributed by atoms with E-state index in [1.807, 2.05) is 12.3 Å². The normalized spacial score (nSPS) is 11.7. The van der Waals surface area contributed by atoms with Gasteiger partial charge in [-0.2, -0.15) is 0 Å². The van der Waals surface area contributed by atoms with Gasteiger partial charge in [-0.3, -0.25) is 4.98 Å². The van der Waals surface area contributed by atoms with Crippen molar-refractivity contribution in [1.29, 1.82) is 0 Å². The van der Waals surface area contributed by atoms with Crippen molar-refractivity contribution in [2.24, 2.45) is 5.92 Å². The molecule has 86 valence electrons. The van der Waals surface area contributed by atoms with E-state index in [1.165, 1.54) is 22.0 Å². The van der Waals surface area contributed by atoms with Crippen LogP contribution in [0.4, 0.5) is 0 Å². The number of pyridine rings is 1. The first-order chi connectivity index (χ1) is 8.25. The van der Waals surface area contributed by atoms with Gasteiger partial charge >= 0.3 is 0 Å². The molecule has 0 fully saturated rings. The molecule has 0 bridgehead atoms. The molecule has 3 aromatic rings. The standard InChI is InChI=1S/C15H16N2/c1-10(2)9-14-15-12(7-8-16-15)11-5-3-4-6-13(11)17-14/h3-8,10,16H,9H2,1-2H3. The number of nitrogens with one attached hydrogen (secondary N) is 1. The molecule has 0 amide bonds. The van der Waals surface area contributed by atoms with Crippen LogP contribution in [0, 0.1) is 5.92 Å². The Bertz CT molecular complexity index is 665. The fraction of sp³-hybridized carbons (Fsp3) is 0.267. The molecule has 0 unspecified atom stereocenters. The Balaban J connectivity index is 2.35. The van der Waals surface area contributed by atoms with E-state index in [0.717, 1.165) is 11.9 Å². The predicted molar refractivity (Wildman–Crippen MR) is 72.1 cm³/mol. The van der Waals surface area contributed by atoms with Gasteiger partial charge in [0.25, 0.3) is 0 Å². The maximum atomic E-state index is 4.78. The van der Waals surface area contributed by atoms with Crippen molar-refractivity contribution in [3.63, 3.8) is 0 Å². The second kappa shape index (κ2) is 3.88. The van der Waals surface area contributed by atoms with E-state index in [2.05, 4.69) is 43.1 Å². The van der Waals surface area contributed by atoms with Crippen LogP contribution >= 0.6 is 0 Å². The first-order valence-electron chi connectivity index (χ1n) is 6.10. The number of fused-ring (bicyclic) bond motifs is 3. The van der Waals surface area contributed by atoms with Crippen molar-refractivity contribution < 1.29 is 0 Å². The summed E-state index contributed by atoms with van der Waals surface area (Å²) in [4.78, 5) is 8.11. The highest BCUT2D eigenvalue weighted by atomic mass is 14.8. The van der Waals surface area contributed by atoms with Crippen LogP contribution in [0.2, 0.25) is 0 Å². The molecule has 0 atom stereocenters. The SMILES string of the molecule is CC(C)Cc1nc2ccccc2c2cc[nH]c12. The fourth-order valence-electron chi connectivity index (χ4n) is 2.37. The monoisotopic (exact) mass is 224 g/mol. The molecule has 0 saturated heterocycles. The van der Waals surface area contributed by atoms with Gasteiger partial charge in [-0.05, 0) is 24.5 Å². The summed E-state index contributed by atoms with van der Waals surface area (Å²) in [6.45, 7) is 4.46. The third-order valence-electron chi connectivity index (χ3n) is 3.09. The number of aromatic nitrogens is 2. The number of rotatable bonds is 2. The second-order valence-electron chi connectivity index (χ2n) is 4.94. The lowest BCUT2D eigenvalue weighted by Gasteiger charge is -2.08. The van der Waals surface area contributed by atoms with Gasteiger partial charge in [-0.1, -0.05) is 32.0 Å². The van der Waals surface area contributed by atoms with Crippen LogP contribution in [0.1, 0.15) is 19.5 Å². The van der Waals surface area contributed by atoms with E-state index in [1.54, 1.807) is 0 Å². The molecule has 0 aliphatic heterocycles. The van der Waals surface area contributed by atoms with Crippen molar-refractivity contribution in [1.82, 2.24) is 9.97 Å². The largest absolute Gasteiger partial charge is 0.360 e. The number of hydrogen-bond donors (Lipinski definition) is 1. The Kier molecular flexibility index (Phi) is 2.36. The minimum absolute atomic E-state index is 0.621. The Morgan fingerprint density at radius 3 is 2.76 bits per heavy atom. The van der Waals surface area contributed by atoms with Crippen LogP contribution in [-0.2, 0) is 6.42 Å². The molecule has 0 aliphatic rings. The maximum Gasteiger partial charge on any atom is 0.0713 e. The highest BCUT2D eigenvalue weighted by Crippen LogP contribution is 2.26. The van der Waals surface area contributed by atoms with Gasteiger partial charge in [0.2, 0.25) is 0 Å². The van der Waals surface area contributed by atoms with Crippen LogP contribution in [0.25, 0.3) is 21.8 Å². The van der Waals surface area contributed by atoms with E-state index in [0.29, 0.717) is 5.92 Å². The Labute approximate surface area is 101 Å². The lowest BCUT2D eigenvalue weighted by molar-refractivity contribution is 0.640. The van der Waals surface area contributed by atoms with Crippen molar-refractivity contribution in [3.8, 4) is 0 Å². The van der Waals surface area contributed by atoms with E-state index >= 15 is 0 Å². The van der Waals surface area contributed by atoms with Gasteiger partial charge in [0, 0.05) is 17.0 Å². The summed E-state index contributed by atoms with van der Waals surface area (Å²) >= 11 is 0. The van der Waals surface area contributed by atoms with Crippen LogP contribution in [0.3, 0.4) is 0 Å². The molecule has 2 heteroatoms. The third kappa shape index (κ3) is 1.70. The number of hydrogen-bond acceptors (Lipinski definition) is 1. The minimum atomic E-state index is 0.621. The summed E-state index contributed by atoms with van der Waals surface area (Å²) in [5, 5.41) is 2.52. The smallest absolute Gasteiger partial charge is 0.0713 e. The molecule has 0 spiro atoms. The molecule has 0 aliphatic carbocycles. The van der Waals surface area contributed by atoms with E-state index < -0.39 is 0 Å². The minimum Gasteiger partial charge on any atom is -0.360 e. The van der Waals surface area contributed by atoms with Gasteiger partial charge in [0.1, 0.15) is 0 Å². The second-order valence-corrected chi connectivity index (χ2v) is 4.94. The molecule has 2 nitrogen and oxygen atoms in total. The van der Waals surface area contributed by atoms with Gasteiger partial charge in [0.05, 0.1) is 16.7 Å². The highest BCUT2D eigenvalue weighted by Gasteiger charge is 2.09. The lowest BCUT2D eigenvalue weighted by atomic mass is 10.0. The van der Waals surface area contributed by atoms with Crippen LogP contribution in [-0.4, -0.2) is 9.97 Å².